The van der Waals surface area contributed by atoms with Gasteiger partial charge in [0, 0.05) is 0 Å². The molecule has 2 rings (SSSR count). The number of carbonyl (C=O) groups is 2. The van der Waals surface area contributed by atoms with E-state index in [9.17, 15) is 9.59 Å². The second-order valence-electron chi connectivity index (χ2n) is 3.23. The van der Waals surface area contributed by atoms with Crippen LogP contribution in [0.4, 0.5) is 5.69 Å². The molecule has 1 aliphatic heterocycles. The van der Waals surface area contributed by atoms with E-state index in [1.165, 1.54) is 0 Å². The number of amides is 2. The van der Waals surface area contributed by atoms with Gasteiger partial charge in [0.25, 0.3) is 5.91 Å². The smallest absolute Gasteiger partial charge is 0.254 e. The number of hydrogen-bond donors (Lipinski definition) is 2. The lowest BCUT2D eigenvalue weighted by Gasteiger charge is -2.06. The molecule has 1 aromatic rings. The first-order valence-electron chi connectivity index (χ1n) is 4.39. The zero-order valence-electron chi connectivity index (χ0n) is 7.70. The standard InChI is InChI=1S/C10H10N2O2/c1-6-9(13)12-8-5-3-2-4-7(8)10(14)11-6/h2-6H,1H3,(H,11,14)(H,12,13). The van der Waals surface area contributed by atoms with Gasteiger partial charge in [0.1, 0.15) is 6.04 Å². The summed E-state index contributed by atoms with van der Waals surface area (Å²) < 4.78 is 0. The molecule has 14 heavy (non-hydrogen) atoms. The predicted octanol–water partition coefficient (Wildman–Crippen LogP) is 0.757. The van der Waals surface area contributed by atoms with Gasteiger partial charge in [-0.3, -0.25) is 9.59 Å². The maximum absolute atomic E-state index is 11.6. The molecular formula is C10H10N2O2. The summed E-state index contributed by atoms with van der Waals surface area (Å²) in [6.45, 7) is 1.65. The lowest BCUT2D eigenvalue weighted by atomic mass is 10.2. The Kier molecular flexibility index (Phi) is 1.96. The summed E-state index contributed by atoms with van der Waals surface area (Å²) in [6.07, 6.45) is 0. The molecule has 0 saturated heterocycles. The quantitative estimate of drug-likeness (QED) is 0.634. The van der Waals surface area contributed by atoms with E-state index in [0.717, 1.165) is 0 Å². The zero-order valence-corrected chi connectivity index (χ0v) is 7.70. The monoisotopic (exact) mass is 190 g/mol. The van der Waals surface area contributed by atoms with E-state index >= 15 is 0 Å². The highest BCUT2D eigenvalue weighted by molar-refractivity contribution is 6.09. The summed E-state index contributed by atoms with van der Waals surface area (Å²) >= 11 is 0. The topological polar surface area (TPSA) is 58.2 Å². The van der Waals surface area contributed by atoms with Crippen LogP contribution in [0, 0.1) is 0 Å². The third-order valence-electron chi connectivity index (χ3n) is 2.17. The van der Waals surface area contributed by atoms with E-state index in [1.54, 1.807) is 31.2 Å². The predicted molar refractivity (Wildman–Crippen MR) is 52.0 cm³/mol. The van der Waals surface area contributed by atoms with E-state index in [4.69, 9.17) is 0 Å². The van der Waals surface area contributed by atoms with Crippen molar-refractivity contribution >= 4 is 17.5 Å². The first kappa shape index (κ1) is 8.74. The number of anilines is 1. The van der Waals surface area contributed by atoms with Crippen molar-refractivity contribution in [3.05, 3.63) is 29.8 Å². The van der Waals surface area contributed by atoms with Crippen LogP contribution in [0.5, 0.6) is 0 Å². The average Bonchev–Trinajstić information content (AvgIpc) is 2.27. The molecule has 0 saturated carbocycles. The highest BCUT2D eigenvalue weighted by Gasteiger charge is 2.23. The Balaban J connectivity index is 2.48. The third kappa shape index (κ3) is 1.35. The van der Waals surface area contributed by atoms with Gasteiger partial charge in [0.15, 0.2) is 0 Å². The summed E-state index contributed by atoms with van der Waals surface area (Å²) in [4.78, 5) is 23.0. The molecule has 4 nitrogen and oxygen atoms in total. The number of rotatable bonds is 0. The van der Waals surface area contributed by atoms with E-state index in [2.05, 4.69) is 10.6 Å². The van der Waals surface area contributed by atoms with Crippen LogP contribution in [0.25, 0.3) is 0 Å². The van der Waals surface area contributed by atoms with Crippen LogP contribution in [0.2, 0.25) is 0 Å². The Morgan fingerprint density at radius 1 is 1.21 bits per heavy atom. The summed E-state index contributed by atoms with van der Waals surface area (Å²) in [6, 6.07) is 6.45. The maximum atomic E-state index is 11.6. The van der Waals surface area contributed by atoms with Crippen LogP contribution in [0.1, 0.15) is 17.3 Å². The van der Waals surface area contributed by atoms with E-state index in [1.807, 2.05) is 0 Å². The molecule has 0 fully saturated rings. The van der Waals surface area contributed by atoms with Crippen LogP contribution in [0.15, 0.2) is 24.3 Å². The molecule has 1 aromatic carbocycles. The molecule has 4 heteroatoms. The summed E-state index contributed by atoms with van der Waals surface area (Å²) in [5.74, 6) is -0.408. The highest BCUT2D eigenvalue weighted by Crippen LogP contribution is 2.17. The van der Waals surface area contributed by atoms with Crippen LogP contribution >= 0.6 is 0 Å². The molecular weight excluding hydrogens is 180 g/mol. The normalized spacial score (nSPS) is 20.5. The van der Waals surface area contributed by atoms with Crippen molar-refractivity contribution in [3.8, 4) is 0 Å². The number of benzene rings is 1. The minimum absolute atomic E-state index is 0.191. The largest absolute Gasteiger partial charge is 0.340 e. The van der Waals surface area contributed by atoms with Gasteiger partial charge < -0.3 is 10.6 Å². The average molecular weight is 190 g/mol. The molecule has 1 aliphatic rings. The van der Waals surface area contributed by atoms with E-state index < -0.39 is 6.04 Å². The summed E-state index contributed by atoms with van der Waals surface area (Å²) in [5, 5.41) is 5.28. The van der Waals surface area contributed by atoms with Crippen LogP contribution < -0.4 is 10.6 Å². The lowest BCUT2D eigenvalue weighted by molar-refractivity contribution is -0.117. The zero-order chi connectivity index (χ0) is 10.1. The summed E-state index contributed by atoms with van der Waals surface area (Å²) in [7, 11) is 0. The van der Waals surface area contributed by atoms with Gasteiger partial charge >= 0.3 is 0 Å². The van der Waals surface area contributed by atoms with Crippen molar-refractivity contribution in [1.29, 1.82) is 0 Å². The molecule has 1 heterocycles. The lowest BCUT2D eigenvalue weighted by Crippen LogP contribution is -2.38. The van der Waals surface area contributed by atoms with Gasteiger partial charge in [0.05, 0.1) is 11.3 Å². The van der Waals surface area contributed by atoms with Gasteiger partial charge in [-0.15, -0.1) is 0 Å². The molecule has 2 amide bonds. The summed E-state index contributed by atoms with van der Waals surface area (Å²) in [5.41, 5.74) is 1.07. The third-order valence-corrected chi connectivity index (χ3v) is 2.17. The van der Waals surface area contributed by atoms with Gasteiger partial charge in [-0.1, -0.05) is 12.1 Å². The van der Waals surface area contributed by atoms with Crippen LogP contribution in [-0.2, 0) is 4.79 Å². The van der Waals surface area contributed by atoms with Gasteiger partial charge in [-0.05, 0) is 19.1 Å². The fourth-order valence-corrected chi connectivity index (χ4v) is 1.37. The minimum atomic E-state index is -0.491. The van der Waals surface area contributed by atoms with Crippen molar-refractivity contribution in [3.63, 3.8) is 0 Å². The number of para-hydroxylation sites is 1. The van der Waals surface area contributed by atoms with Crippen LogP contribution in [0.3, 0.4) is 0 Å². The van der Waals surface area contributed by atoms with Gasteiger partial charge in [-0.2, -0.15) is 0 Å². The van der Waals surface area contributed by atoms with Crippen molar-refractivity contribution in [1.82, 2.24) is 5.32 Å². The van der Waals surface area contributed by atoms with Crippen molar-refractivity contribution in [2.75, 3.05) is 5.32 Å². The van der Waals surface area contributed by atoms with Gasteiger partial charge in [-0.25, -0.2) is 0 Å². The molecule has 0 aliphatic carbocycles. The Labute approximate surface area is 81.3 Å². The second kappa shape index (κ2) is 3.14. The Morgan fingerprint density at radius 2 is 1.93 bits per heavy atom. The molecule has 2 N–H and O–H groups in total. The molecule has 0 aromatic heterocycles. The number of fused-ring (bicyclic) bond motifs is 1. The minimum Gasteiger partial charge on any atom is -0.340 e. The molecule has 72 valence electrons. The SMILES string of the molecule is CC1NC(=O)c2ccccc2NC1=O. The Bertz CT molecular complexity index is 401. The fourth-order valence-electron chi connectivity index (χ4n) is 1.37. The van der Waals surface area contributed by atoms with E-state index in [0.29, 0.717) is 11.3 Å². The highest BCUT2D eigenvalue weighted by atomic mass is 16.2. The Morgan fingerprint density at radius 3 is 2.71 bits per heavy atom. The van der Waals surface area contributed by atoms with Crippen molar-refractivity contribution < 1.29 is 9.59 Å². The first-order chi connectivity index (χ1) is 6.68. The first-order valence-corrected chi connectivity index (χ1v) is 4.39. The second-order valence-corrected chi connectivity index (χ2v) is 3.23. The molecule has 0 spiro atoms. The number of carbonyl (C=O) groups excluding carboxylic acids is 2. The fraction of sp³-hybridized carbons (Fsp3) is 0.200. The number of nitrogens with one attached hydrogen (secondary N) is 2. The molecule has 1 unspecified atom stereocenters. The Hall–Kier alpha value is -1.84. The van der Waals surface area contributed by atoms with Crippen LogP contribution in [-0.4, -0.2) is 17.9 Å². The maximum Gasteiger partial charge on any atom is 0.254 e. The van der Waals surface area contributed by atoms with Gasteiger partial charge in [0.2, 0.25) is 5.91 Å². The molecule has 1 atom stereocenters. The van der Waals surface area contributed by atoms with Crippen molar-refractivity contribution in [2.45, 2.75) is 13.0 Å². The molecule has 0 radical (unpaired) electrons. The van der Waals surface area contributed by atoms with Crippen molar-refractivity contribution in [2.24, 2.45) is 0 Å². The number of hydrogen-bond acceptors (Lipinski definition) is 2. The van der Waals surface area contributed by atoms with E-state index in [-0.39, 0.29) is 11.8 Å². The molecule has 0 bridgehead atoms.